The molecular formula is C29H20BrN3O3. The molecule has 0 fully saturated rings. The molecule has 0 aliphatic heterocycles. The Bertz CT molecular complexity index is 1660. The van der Waals surface area contributed by atoms with Crippen LogP contribution in [-0.4, -0.2) is 21.8 Å². The van der Waals surface area contributed by atoms with Gasteiger partial charge < -0.3 is 4.74 Å². The number of fused-ring (bicyclic) bond motifs is 1. The lowest BCUT2D eigenvalue weighted by Crippen LogP contribution is -2.20. The first kappa shape index (κ1) is 23.4. The van der Waals surface area contributed by atoms with Gasteiger partial charge in [0.05, 0.1) is 22.7 Å². The third-order valence-corrected chi connectivity index (χ3v) is 6.11. The molecule has 5 aromatic rings. The zero-order valence-electron chi connectivity index (χ0n) is 19.3. The van der Waals surface area contributed by atoms with Crippen LogP contribution in [0, 0.1) is 6.92 Å². The van der Waals surface area contributed by atoms with Gasteiger partial charge in [-0.1, -0.05) is 70.0 Å². The van der Waals surface area contributed by atoms with Crippen molar-refractivity contribution in [1.82, 2.24) is 9.66 Å². The molecule has 36 heavy (non-hydrogen) atoms. The molecule has 0 bridgehead atoms. The molecule has 0 amide bonds. The smallest absolute Gasteiger partial charge is 0.343 e. The number of benzene rings is 4. The number of aryl methyl sites for hydroxylation is 1. The normalized spacial score (nSPS) is 11.2. The molecule has 4 aromatic carbocycles. The highest BCUT2D eigenvalue weighted by Gasteiger charge is 2.14. The van der Waals surface area contributed by atoms with E-state index in [4.69, 9.17) is 9.72 Å². The fraction of sp³-hybridized carbons (Fsp3) is 0.0345. The Morgan fingerprint density at radius 2 is 1.61 bits per heavy atom. The van der Waals surface area contributed by atoms with E-state index in [1.54, 1.807) is 48.5 Å². The Balaban J connectivity index is 1.56. The highest BCUT2D eigenvalue weighted by Crippen LogP contribution is 2.22. The second kappa shape index (κ2) is 10.1. The van der Waals surface area contributed by atoms with Gasteiger partial charge in [0.1, 0.15) is 5.75 Å². The second-order valence-electron chi connectivity index (χ2n) is 8.11. The zero-order chi connectivity index (χ0) is 25.1. The fourth-order valence-electron chi connectivity index (χ4n) is 3.67. The van der Waals surface area contributed by atoms with E-state index in [0.29, 0.717) is 33.6 Å². The highest BCUT2D eigenvalue weighted by atomic mass is 79.9. The maximum absolute atomic E-state index is 13.4. The topological polar surface area (TPSA) is 73.5 Å². The van der Waals surface area contributed by atoms with Gasteiger partial charge in [-0.2, -0.15) is 9.78 Å². The van der Waals surface area contributed by atoms with E-state index in [1.807, 2.05) is 55.5 Å². The number of ether oxygens (including phenoxy) is 1. The van der Waals surface area contributed by atoms with Crippen LogP contribution >= 0.6 is 15.9 Å². The lowest BCUT2D eigenvalue weighted by molar-refractivity contribution is 0.0734. The number of halogens is 1. The first-order valence-electron chi connectivity index (χ1n) is 11.2. The summed E-state index contributed by atoms with van der Waals surface area (Å²) in [6.45, 7) is 1.95. The third kappa shape index (κ3) is 4.87. The summed E-state index contributed by atoms with van der Waals surface area (Å²) in [4.78, 5) is 30.8. The molecule has 0 aliphatic rings. The molecule has 0 radical (unpaired) electrons. The van der Waals surface area contributed by atoms with E-state index in [9.17, 15) is 9.59 Å². The molecule has 0 saturated heterocycles. The van der Waals surface area contributed by atoms with E-state index < -0.39 is 5.97 Å². The quantitative estimate of drug-likeness (QED) is 0.151. The predicted octanol–water partition coefficient (Wildman–Crippen LogP) is 6.24. The number of nitrogens with zero attached hydrogens (tertiary/aromatic N) is 3. The van der Waals surface area contributed by atoms with Crippen LogP contribution in [0.4, 0.5) is 0 Å². The summed E-state index contributed by atoms with van der Waals surface area (Å²) < 4.78 is 7.83. The molecular weight excluding hydrogens is 518 g/mol. The van der Waals surface area contributed by atoms with Gasteiger partial charge in [0.15, 0.2) is 5.82 Å². The molecule has 0 N–H and O–H groups in total. The van der Waals surface area contributed by atoms with Crippen LogP contribution in [0.25, 0.3) is 22.3 Å². The molecule has 0 atom stereocenters. The number of rotatable bonds is 5. The standard InChI is InChI=1S/C29H20BrN3O3/c1-19-10-12-21(13-11-19)29(35)36-26-9-5-2-6-22(26)18-31-33-27(20-14-16-23(30)17-15-20)32-25-8-4-3-7-24(25)28(33)34/h2-18H,1H3. The van der Waals surface area contributed by atoms with E-state index in [2.05, 4.69) is 21.0 Å². The molecule has 6 nitrogen and oxygen atoms in total. The summed E-state index contributed by atoms with van der Waals surface area (Å²) in [6, 6.07) is 28.8. The maximum atomic E-state index is 13.4. The Labute approximate surface area is 215 Å². The number of aromatic nitrogens is 2. The van der Waals surface area contributed by atoms with Gasteiger partial charge in [0, 0.05) is 15.6 Å². The predicted molar refractivity (Wildman–Crippen MR) is 145 cm³/mol. The SMILES string of the molecule is Cc1ccc(C(=O)Oc2ccccc2C=Nn2c(-c3ccc(Br)cc3)nc3ccccc3c2=O)cc1. The molecule has 1 aromatic heterocycles. The van der Waals surface area contributed by atoms with Crippen molar-refractivity contribution in [2.75, 3.05) is 0 Å². The minimum atomic E-state index is -0.476. The van der Waals surface area contributed by atoms with Gasteiger partial charge >= 0.3 is 5.97 Å². The lowest BCUT2D eigenvalue weighted by Gasteiger charge is -2.10. The van der Waals surface area contributed by atoms with Crippen LogP contribution in [0.1, 0.15) is 21.5 Å². The Morgan fingerprint density at radius 3 is 2.39 bits per heavy atom. The molecule has 0 spiro atoms. The molecule has 0 unspecified atom stereocenters. The highest BCUT2D eigenvalue weighted by molar-refractivity contribution is 9.10. The Hall–Kier alpha value is -4.36. The molecule has 7 heteroatoms. The summed E-state index contributed by atoms with van der Waals surface area (Å²) in [7, 11) is 0. The molecule has 5 rings (SSSR count). The number of carbonyl (C=O) groups is 1. The van der Waals surface area contributed by atoms with Crippen LogP contribution in [0.5, 0.6) is 5.75 Å². The molecule has 176 valence electrons. The largest absolute Gasteiger partial charge is 0.422 e. The van der Waals surface area contributed by atoms with Crippen molar-refractivity contribution in [1.29, 1.82) is 0 Å². The molecule has 0 saturated carbocycles. The summed E-state index contributed by atoms with van der Waals surface area (Å²) in [5.41, 5.74) is 3.05. The van der Waals surface area contributed by atoms with Gasteiger partial charge in [-0.3, -0.25) is 4.79 Å². The van der Waals surface area contributed by atoms with Gasteiger partial charge in [0.2, 0.25) is 0 Å². The third-order valence-electron chi connectivity index (χ3n) is 5.58. The van der Waals surface area contributed by atoms with Crippen molar-refractivity contribution in [2.24, 2.45) is 5.10 Å². The van der Waals surface area contributed by atoms with E-state index in [0.717, 1.165) is 15.6 Å². The minimum Gasteiger partial charge on any atom is -0.422 e. The van der Waals surface area contributed by atoms with E-state index >= 15 is 0 Å². The number of hydrogen-bond donors (Lipinski definition) is 0. The van der Waals surface area contributed by atoms with Gasteiger partial charge in [-0.05, 0) is 55.5 Å². The van der Waals surface area contributed by atoms with Gasteiger partial charge in [-0.15, -0.1) is 0 Å². The van der Waals surface area contributed by atoms with Crippen molar-refractivity contribution < 1.29 is 9.53 Å². The van der Waals surface area contributed by atoms with Gasteiger partial charge in [-0.25, -0.2) is 9.78 Å². The molecule has 0 aliphatic carbocycles. The monoisotopic (exact) mass is 537 g/mol. The second-order valence-corrected chi connectivity index (χ2v) is 9.03. The number of para-hydroxylation sites is 2. The van der Waals surface area contributed by atoms with Crippen molar-refractivity contribution in [3.05, 3.63) is 129 Å². The average Bonchev–Trinajstić information content (AvgIpc) is 2.90. The van der Waals surface area contributed by atoms with Crippen LogP contribution in [-0.2, 0) is 0 Å². The average molecular weight is 538 g/mol. The Morgan fingerprint density at radius 1 is 0.917 bits per heavy atom. The summed E-state index contributed by atoms with van der Waals surface area (Å²) in [5.74, 6) is 0.256. The van der Waals surface area contributed by atoms with Crippen LogP contribution < -0.4 is 10.3 Å². The summed E-state index contributed by atoms with van der Waals surface area (Å²) >= 11 is 3.44. The van der Waals surface area contributed by atoms with Crippen LogP contribution in [0.2, 0.25) is 0 Å². The first-order chi connectivity index (χ1) is 17.5. The van der Waals surface area contributed by atoms with Crippen molar-refractivity contribution in [2.45, 2.75) is 6.92 Å². The van der Waals surface area contributed by atoms with Crippen LogP contribution in [0.3, 0.4) is 0 Å². The van der Waals surface area contributed by atoms with Gasteiger partial charge in [0.25, 0.3) is 5.56 Å². The fourth-order valence-corrected chi connectivity index (χ4v) is 3.93. The number of esters is 1. The van der Waals surface area contributed by atoms with Crippen molar-refractivity contribution >= 4 is 39.0 Å². The van der Waals surface area contributed by atoms with E-state index in [1.165, 1.54) is 10.9 Å². The Kier molecular flexibility index (Phi) is 6.56. The lowest BCUT2D eigenvalue weighted by atomic mass is 10.1. The number of carbonyl (C=O) groups excluding carboxylic acids is 1. The van der Waals surface area contributed by atoms with E-state index in [-0.39, 0.29) is 5.56 Å². The number of hydrogen-bond acceptors (Lipinski definition) is 5. The zero-order valence-corrected chi connectivity index (χ0v) is 20.8. The van der Waals surface area contributed by atoms with Crippen molar-refractivity contribution in [3.8, 4) is 17.1 Å². The van der Waals surface area contributed by atoms with Crippen molar-refractivity contribution in [3.63, 3.8) is 0 Å². The minimum absolute atomic E-state index is 0.302. The maximum Gasteiger partial charge on any atom is 0.343 e. The molecule has 1 heterocycles. The summed E-state index contributed by atoms with van der Waals surface area (Å²) in [6.07, 6.45) is 1.50. The van der Waals surface area contributed by atoms with Crippen LogP contribution in [0.15, 0.2) is 111 Å². The summed E-state index contributed by atoms with van der Waals surface area (Å²) in [5, 5.41) is 4.94. The first-order valence-corrected chi connectivity index (χ1v) is 12.0.